The van der Waals surface area contributed by atoms with Crippen LogP contribution in [-0.4, -0.2) is 52.6 Å². The maximum absolute atomic E-state index is 13.7. The summed E-state index contributed by atoms with van der Waals surface area (Å²) in [6.07, 6.45) is 3.20. The van der Waals surface area contributed by atoms with E-state index in [1.54, 1.807) is 14.2 Å². The number of para-hydroxylation sites is 1. The number of benzene rings is 3. The van der Waals surface area contributed by atoms with Gasteiger partial charge in [-0.25, -0.2) is 8.42 Å². The Morgan fingerprint density at radius 1 is 1.00 bits per heavy atom. The van der Waals surface area contributed by atoms with Gasteiger partial charge in [0, 0.05) is 18.0 Å². The normalized spacial score (nSPS) is 19.7. The fourth-order valence-corrected chi connectivity index (χ4v) is 7.43. The number of ether oxygens (including phenoxy) is 2. The van der Waals surface area contributed by atoms with E-state index in [9.17, 15) is 8.42 Å². The van der Waals surface area contributed by atoms with Crippen LogP contribution in [0.4, 0.5) is 5.69 Å². The van der Waals surface area contributed by atoms with E-state index in [0.717, 1.165) is 46.3 Å². The summed E-state index contributed by atoms with van der Waals surface area (Å²) < 4.78 is 44.4. The Morgan fingerprint density at radius 2 is 1.76 bits per heavy atom. The van der Waals surface area contributed by atoms with Gasteiger partial charge in [-0.05, 0) is 60.8 Å². The highest BCUT2D eigenvalue weighted by Crippen LogP contribution is 2.43. The fourth-order valence-electron chi connectivity index (χ4n) is 5.62. The van der Waals surface area contributed by atoms with E-state index in [1.807, 2.05) is 61.8 Å². The van der Waals surface area contributed by atoms with Crippen molar-refractivity contribution in [3.63, 3.8) is 0 Å². The SMILES string of the molecule is COc1ccc(C2Cc3ccc(OC)c4occ(c34)CCN2C)c2c1/C(=N\Nc1ccccc1)CS2(=O)=O. The maximum Gasteiger partial charge on any atom is 0.185 e. The molecule has 2 aliphatic rings. The zero-order chi connectivity index (χ0) is 26.4. The third-order valence-corrected chi connectivity index (χ3v) is 9.21. The van der Waals surface area contributed by atoms with E-state index >= 15 is 0 Å². The molecule has 38 heavy (non-hydrogen) atoms. The summed E-state index contributed by atoms with van der Waals surface area (Å²) >= 11 is 0. The van der Waals surface area contributed by atoms with Crippen LogP contribution in [0.5, 0.6) is 11.5 Å². The maximum atomic E-state index is 13.7. The van der Waals surface area contributed by atoms with Crippen molar-refractivity contribution in [2.45, 2.75) is 23.8 Å². The first kappa shape index (κ1) is 24.5. The van der Waals surface area contributed by atoms with Crippen LogP contribution < -0.4 is 14.9 Å². The quantitative estimate of drug-likeness (QED) is 0.369. The Labute approximate surface area is 221 Å². The molecule has 1 unspecified atom stereocenters. The van der Waals surface area contributed by atoms with Gasteiger partial charge in [-0.3, -0.25) is 10.3 Å². The zero-order valence-electron chi connectivity index (χ0n) is 21.5. The highest BCUT2D eigenvalue weighted by Gasteiger charge is 2.40. The molecule has 2 aliphatic heterocycles. The van der Waals surface area contributed by atoms with Crippen molar-refractivity contribution in [2.24, 2.45) is 5.10 Å². The number of nitrogens with zero attached hydrogens (tertiary/aromatic N) is 2. The van der Waals surface area contributed by atoms with Crippen molar-refractivity contribution >= 4 is 32.2 Å². The summed E-state index contributed by atoms with van der Waals surface area (Å²) in [7, 11) is 1.59. The van der Waals surface area contributed by atoms with Crippen LogP contribution in [0.25, 0.3) is 11.0 Å². The van der Waals surface area contributed by atoms with E-state index in [-0.39, 0.29) is 11.8 Å². The van der Waals surface area contributed by atoms with E-state index in [1.165, 1.54) is 0 Å². The first-order chi connectivity index (χ1) is 18.4. The zero-order valence-corrected chi connectivity index (χ0v) is 22.3. The number of anilines is 1. The molecule has 0 radical (unpaired) electrons. The number of hydrogen-bond acceptors (Lipinski definition) is 8. The standard InChI is InChI=1S/C29H29N3O5S/c1-32-14-13-19-16-37-28-25(36-3)11-9-18(26(19)28)15-23(32)21-10-12-24(35-2)27-22(17-38(33,34)29(21)27)31-30-20-7-5-4-6-8-20/h4-12,16,23,30H,13-15,17H2,1-3H3/b31-22-. The van der Waals surface area contributed by atoms with Gasteiger partial charge >= 0.3 is 0 Å². The van der Waals surface area contributed by atoms with Crippen LogP contribution >= 0.6 is 0 Å². The summed E-state index contributed by atoms with van der Waals surface area (Å²) in [5, 5.41) is 5.58. The molecule has 0 fully saturated rings. The molecule has 0 spiro atoms. The number of hydrazone groups is 1. The molecule has 0 amide bonds. The Kier molecular flexibility index (Phi) is 6.12. The van der Waals surface area contributed by atoms with Gasteiger partial charge in [0.25, 0.3) is 0 Å². The highest BCUT2D eigenvalue weighted by atomic mass is 32.2. The first-order valence-corrected chi connectivity index (χ1v) is 14.1. The molecule has 0 bridgehead atoms. The molecule has 9 heteroatoms. The van der Waals surface area contributed by atoms with Crippen molar-refractivity contribution in [1.82, 2.24) is 4.90 Å². The van der Waals surface area contributed by atoms with Crippen molar-refractivity contribution in [2.75, 3.05) is 39.0 Å². The van der Waals surface area contributed by atoms with Gasteiger partial charge in [-0.2, -0.15) is 5.10 Å². The lowest BCUT2D eigenvalue weighted by Crippen LogP contribution is -2.30. The summed E-state index contributed by atoms with van der Waals surface area (Å²) in [5.41, 5.74) is 8.49. The molecule has 6 rings (SSSR count). The summed E-state index contributed by atoms with van der Waals surface area (Å²) in [6.45, 7) is 0.743. The molecule has 0 saturated carbocycles. The summed E-state index contributed by atoms with van der Waals surface area (Å²) in [5.74, 6) is 1.00. The average Bonchev–Trinajstić information content (AvgIpc) is 3.47. The monoisotopic (exact) mass is 531 g/mol. The molecule has 0 saturated heterocycles. The molecule has 1 atom stereocenters. The number of furan rings is 1. The predicted molar refractivity (Wildman–Crippen MR) is 147 cm³/mol. The minimum Gasteiger partial charge on any atom is -0.496 e. The van der Waals surface area contributed by atoms with E-state index < -0.39 is 9.84 Å². The lowest BCUT2D eigenvalue weighted by Gasteiger charge is -2.32. The fraction of sp³-hybridized carbons (Fsp3) is 0.276. The molecule has 1 aromatic heterocycles. The van der Waals surface area contributed by atoms with Crippen molar-refractivity contribution in [3.05, 3.63) is 83.1 Å². The second-order valence-electron chi connectivity index (χ2n) is 9.70. The van der Waals surface area contributed by atoms with Crippen molar-refractivity contribution in [1.29, 1.82) is 0 Å². The third kappa shape index (κ3) is 4.02. The second-order valence-corrected chi connectivity index (χ2v) is 11.6. The highest BCUT2D eigenvalue weighted by molar-refractivity contribution is 7.92. The number of sulfone groups is 1. The lowest BCUT2D eigenvalue weighted by molar-refractivity contribution is 0.241. The van der Waals surface area contributed by atoms with Crippen molar-refractivity contribution in [3.8, 4) is 11.5 Å². The summed E-state index contributed by atoms with van der Waals surface area (Å²) in [4.78, 5) is 2.53. The number of nitrogens with one attached hydrogen (secondary N) is 1. The van der Waals surface area contributed by atoms with Crippen LogP contribution in [-0.2, 0) is 22.7 Å². The van der Waals surface area contributed by atoms with Gasteiger partial charge in [-0.15, -0.1) is 0 Å². The van der Waals surface area contributed by atoms with Crippen LogP contribution in [0.1, 0.15) is 28.3 Å². The number of fused-ring (bicyclic) bond motifs is 1. The minimum atomic E-state index is -3.64. The number of likely N-dealkylation sites (N-methyl/N-ethyl adjacent to an activating group) is 1. The molecule has 3 aromatic carbocycles. The van der Waals surface area contributed by atoms with Crippen LogP contribution in [0.15, 0.2) is 75.3 Å². The topological polar surface area (TPSA) is 93.4 Å². The average molecular weight is 532 g/mol. The Hall–Kier alpha value is -3.82. The van der Waals surface area contributed by atoms with Crippen LogP contribution in [0, 0.1) is 0 Å². The van der Waals surface area contributed by atoms with Gasteiger partial charge in [0.2, 0.25) is 0 Å². The second kappa shape index (κ2) is 9.49. The molecule has 3 heterocycles. The van der Waals surface area contributed by atoms with E-state index in [0.29, 0.717) is 34.1 Å². The van der Waals surface area contributed by atoms with Crippen LogP contribution in [0.2, 0.25) is 0 Å². The number of hydrogen-bond donors (Lipinski definition) is 1. The minimum absolute atomic E-state index is 0.175. The third-order valence-electron chi connectivity index (χ3n) is 7.50. The van der Waals surface area contributed by atoms with Gasteiger partial charge in [0.15, 0.2) is 21.2 Å². The van der Waals surface area contributed by atoms with Gasteiger partial charge in [0.05, 0.1) is 48.1 Å². The molecular weight excluding hydrogens is 502 g/mol. The largest absolute Gasteiger partial charge is 0.496 e. The van der Waals surface area contributed by atoms with E-state index in [4.69, 9.17) is 13.9 Å². The molecule has 1 N–H and O–H groups in total. The molecule has 4 aromatic rings. The molecule has 8 nitrogen and oxygen atoms in total. The Morgan fingerprint density at radius 3 is 2.53 bits per heavy atom. The smallest absolute Gasteiger partial charge is 0.185 e. The van der Waals surface area contributed by atoms with Gasteiger partial charge in [0.1, 0.15) is 5.75 Å². The van der Waals surface area contributed by atoms with Crippen molar-refractivity contribution < 1.29 is 22.3 Å². The number of rotatable bonds is 5. The van der Waals surface area contributed by atoms with Crippen LogP contribution in [0.3, 0.4) is 0 Å². The van der Waals surface area contributed by atoms with E-state index in [2.05, 4.69) is 21.5 Å². The Bertz CT molecular complexity index is 1660. The molecular formula is C29H29N3O5S. The molecule has 196 valence electrons. The predicted octanol–water partition coefficient (Wildman–Crippen LogP) is 4.83. The first-order valence-electron chi connectivity index (χ1n) is 12.5. The van der Waals surface area contributed by atoms with Gasteiger partial charge in [-0.1, -0.05) is 30.3 Å². The Balaban J connectivity index is 1.48. The molecule has 0 aliphatic carbocycles. The summed E-state index contributed by atoms with van der Waals surface area (Å²) in [6, 6.07) is 17.0. The number of methoxy groups -OCH3 is 2. The van der Waals surface area contributed by atoms with Gasteiger partial charge < -0.3 is 13.9 Å². The lowest BCUT2D eigenvalue weighted by atomic mass is 9.90.